The van der Waals surface area contributed by atoms with E-state index in [9.17, 15) is 9.59 Å². The van der Waals surface area contributed by atoms with Gasteiger partial charge in [-0.25, -0.2) is 0 Å². The largest absolute Gasteiger partial charge is 0.274 e. The topological polar surface area (TPSA) is 37.4 Å². The fraction of sp³-hybridized carbons (Fsp3) is 0.385. The average molecular weight is 215 g/mol. The van der Waals surface area contributed by atoms with E-state index in [2.05, 4.69) is 0 Å². The number of rotatable bonds is 1. The fourth-order valence-electron chi connectivity index (χ4n) is 2.74. The Morgan fingerprint density at radius 2 is 1.50 bits per heavy atom. The van der Waals surface area contributed by atoms with Crippen LogP contribution < -0.4 is 4.90 Å². The van der Waals surface area contributed by atoms with Crippen molar-refractivity contribution >= 4 is 17.5 Å². The Kier molecular flexibility index (Phi) is 2.06. The fourth-order valence-corrected chi connectivity index (χ4v) is 2.74. The second-order valence-corrected chi connectivity index (χ2v) is 4.55. The number of carbonyl (C=O) groups is 2. The predicted molar refractivity (Wildman–Crippen MR) is 59.8 cm³/mol. The second-order valence-electron chi connectivity index (χ2n) is 4.55. The van der Waals surface area contributed by atoms with Crippen molar-refractivity contribution in [2.24, 2.45) is 11.8 Å². The Hall–Kier alpha value is -1.64. The SMILES string of the molecule is O=C1[C@@H]2CC[C@@H](C2)C(=O)N1c1ccccc1. The lowest BCUT2D eigenvalue weighted by Crippen LogP contribution is -2.46. The summed E-state index contributed by atoms with van der Waals surface area (Å²) in [7, 11) is 0. The highest BCUT2D eigenvalue weighted by molar-refractivity contribution is 6.18. The molecule has 2 fully saturated rings. The zero-order chi connectivity index (χ0) is 11.1. The van der Waals surface area contributed by atoms with Crippen LogP contribution in [0.2, 0.25) is 0 Å². The van der Waals surface area contributed by atoms with Crippen LogP contribution in [0.1, 0.15) is 19.3 Å². The maximum absolute atomic E-state index is 12.1. The molecule has 1 heterocycles. The predicted octanol–water partition coefficient (Wildman–Crippen LogP) is 1.98. The summed E-state index contributed by atoms with van der Waals surface area (Å²) in [6, 6.07) is 9.23. The molecule has 1 saturated carbocycles. The number of carbonyl (C=O) groups excluding carboxylic acids is 2. The maximum Gasteiger partial charge on any atom is 0.236 e. The van der Waals surface area contributed by atoms with Crippen molar-refractivity contribution in [3.05, 3.63) is 30.3 Å². The molecular formula is C13H13NO2. The molecule has 3 nitrogen and oxygen atoms in total. The number of piperidine rings is 1. The van der Waals surface area contributed by atoms with E-state index in [0.717, 1.165) is 19.3 Å². The summed E-state index contributed by atoms with van der Waals surface area (Å²) in [5, 5.41) is 0. The summed E-state index contributed by atoms with van der Waals surface area (Å²) in [4.78, 5) is 25.6. The monoisotopic (exact) mass is 215 g/mol. The molecule has 3 rings (SSSR count). The first-order chi connectivity index (χ1) is 7.77. The average Bonchev–Trinajstić information content (AvgIpc) is 2.75. The molecule has 1 aromatic carbocycles. The van der Waals surface area contributed by atoms with Crippen LogP contribution in [-0.2, 0) is 9.59 Å². The minimum atomic E-state index is -0.00931. The van der Waals surface area contributed by atoms with E-state index in [1.54, 1.807) is 0 Å². The van der Waals surface area contributed by atoms with Gasteiger partial charge in [0.05, 0.1) is 5.69 Å². The Bertz CT molecular complexity index is 419. The molecule has 82 valence electrons. The highest BCUT2D eigenvalue weighted by atomic mass is 16.2. The van der Waals surface area contributed by atoms with Gasteiger partial charge in [0.25, 0.3) is 0 Å². The lowest BCUT2D eigenvalue weighted by atomic mass is 9.96. The third kappa shape index (κ3) is 1.28. The summed E-state index contributed by atoms with van der Waals surface area (Å²) in [5.41, 5.74) is 0.717. The molecule has 0 radical (unpaired) electrons. The number of imide groups is 1. The molecule has 1 aliphatic carbocycles. The first kappa shape index (κ1) is 9.58. The van der Waals surface area contributed by atoms with Gasteiger partial charge < -0.3 is 0 Å². The minimum absolute atomic E-state index is 0.00931. The van der Waals surface area contributed by atoms with E-state index >= 15 is 0 Å². The summed E-state index contributed by atoms with van der Waals surface area (Å²) >= 11 is 0. The minimum Gasteiger partial charge on any atom is -0.274 e. The van der Waals surface area contributed by atoms with E-state index < -0.39 is 0 Å². The second kappa shape index (κ2) is 3.44. The standard InChI is InChI=1S/C13H13NO2/c15-12-9-6-7-10(8-9)13(16)14(12)11-4-2-1-3-5-11/h1-5,9-10H,6-8H2/t9-,10+. The zero-order valence-electron chi connectivity index (χ0n) is 8.93. The van der Waals surface area contributed by atoms with Crippen LogP contribution in [0.25, 0.3) is 0 Å². The van der Waals surface area contributed by atoms with Crippen molar-refractivity contribution in [1.82, 2.24) is 0 Å². The van der Waals surface area contributed by atoms with Crippen LogP contribution in [0, 0.1) is 11.8 Å². The Labute approximate surface area is 94.1 Å². The molecular weight excluding hydrogens is 202 g/mol. The van der Waals surface area contributed by atoms with E-state index in [1.165, 1.54) is 4.90 Å². The van der Waals surface area contributed by atoms with Crippen molar-refractivity contribution in [1.29, 1.82) is 0 Å². The molecule has 2 amide bonds. The number of nitrogens with zero attached hydrogens (tertiary/aromatic N) is 1. The number of benzene rings is 1. The zero-order valence-corrected chi connectivity index (χ0v) is 8.93. The molecule has 16 heavy (non-hydrogen) atoms. The number of hydrogen-bond acceptors (Lipinski definition) is 2. The maximum atomic E-state index is 12.1. The lowest BCUT2D eigenvalue weighted by molar-refractivity contribution is -0.132. The number of hydrogen-bond donors (Lipinski definition) is 0. The highest BCUT2D eigenvalue weighted by Gasteiger charge is 2.45. The molecule has 0 spiro atoms. The molecule has 1 aromatic rings. The van der Waals surface area contributed by atoms with Crippen molar-refractivity contribution in [3.8, 4) is 0 Å². The Balaban J connectivity index is 2.01. The van der Waals surface area contributed by atoms with Gasteiger partial charge in [-0.3, -0.25) is 14.5 Å². The summed E-state index contributed by atoms with van der Waals surface area (Å²) in [5.74, 6) is 0.126. The third-order valence-corrected chi connectivity index (χ3v) is 3.59. The van der Waals surface area contributed by atoms with Gasteiger partial charge in [0.1, 0.15) is 0 Å². The van der Waals surface area contributed by atoms with Gasteiger partial charge in [-0.05, 0) is 31.4 Å². The van der Waals surface area contributed by atoms with E-state index in [0.29, 0.717) is 5.69 Å². The molecule has 0 unspecified atom stereocenters. The van der Waals surface area contributed by atoms with Gasteiger partial charge >= 0.3 is 0 Å². The Morgan fingerprint density at radius 1 is 0.938 bits per heavy atom. The number of amides is 2. The Morgan fingerprint density at radius 3 is 2.06 bits per heavy atom. The molecule has 0 N–H and O–H groups in total. The van der Waals surface area contributed by atoms with Gasteiger partial charge in [-0.1, -0.05) is 18.2 Å². The van der Waals surface area contributed by atoms with Crippen molar-refractivity contribution in [2.75, 3.05) is 4.90 Å². The molecule has 1 aliphatic heterocycles. The number of anilines is 1. The van der Waals surface area contributed by atoms with Crippen LogP contribution in [0.5, 0.6) is 0 Å². The van der Waals surface area contributed by atoms with Crippen LogP contribution in [0.4, 0.5) is 5.69 Å². The van der Waals surface area contributed by atoms with Crippen LogP contribution >= 0.6 is 0 Å². The summed E-state index contributed by atoms with van der Waals surface area (Å²) < 4.78 is 0. The third-order valence-electron chi connectivity index (χ3n) is 3.59. The van der Waals surface area contributed by atoms with Gasteiger partial charge in [-0.15, -0.1) is 0 Å². The quantitative estimate of drug-likeness (QED) is 0.672. The van der Waals surface area contributed by atoms with Crippen LogP contribution in [0.3, 0.4) is 0 Å². The summed E-state index contributed by atoms with van der Waals surface area (Å²) in [6.07, 6.45) is 2.51. The molecule has 1 saturated heterocycles. The van der Waals surface area contributed by atoms with Crippen LogP contribution in [-0.4, -0.2) is 11.8 Å². The van der Waals surface area contributed by atoms with Gasteiger partial charge in [0.15, 0.2) is 0 Å². The first-order valence-corrected chi connectivity index (χ1v) is 5.70. The summed E-state index contributed by atoms with van der Waals surface area (Å²) in [6.45, 7) is 0. The first-order valence-electron chi connectivity index (χ1n) is 5.70. The number of fused-ring (bicyclic) bond motifs is 2. The number of para-hydroxylation sites is 1. The molecule has 2 atom stereocenters. The van der Waals surface area contributed by atoms with Gasteiger partial charge in [0, 0.05) is 11.8 Å². The molecule has 0 aromatic heterocycles. The van der Waals surface area contributed by atoms with Crippen LogP contribution in [0.15, 0.2) is 30.3 Å². The highest BCUT2D eigenvalue weighted by Crippen LogP contribution is 2.39. The van der Waals surface area contributed by atoms with Crippen molar-refractivity contribution in [2.45, 2.75) is 19.3 Å². The van der Waals surface area contributed by atoms with E-state index in [1.807, 2.05) is 30.3 Å². The smallest absolute Gasteiger partial charge is 0.236 e. The lowest BCUT2D eigenvalue weighted by Gasteiger charge is -2.29. The van der Waals surface area contributed by atoms with Crippen molar-refractivity contribution in [3.63, 3.8) is 0 Å². The molecule has 2 aliphatic rings. The van der Waals surface area contributed by atoms with E-state index in [-0.39, 0.29) is 23.7 Å². The van der Waals surface area contributed by atoms with Gasteiger partial charge in [0.2, 0.25) is 11.8 Å². The molecule has 3 heteroatoms. The molecule has 2 bridgehead atoms. The van der Waals surface area contributed by atoms with Gasteiger partial charge in [-0.2, -0.15) is 0 Å². The van der Waals surface area contributed by atoms with Crippen molar-refractivity contribution < 1.29 is 9.59 Å². The normalized spacial score (nSPS) is 28.6. The van der Waals surface area contributed by atoms with E-state index in [4.69, 9.17) is 0 Å².